The summed E-state index contributed by atoms with van der Waals surface area (Å²) in [6.07, 6.45) is 7.58. The summed E-state index contributed by atoms with van der Waals surface area (Å²) < 4.78 is 9.77. The van der Waals surface area contributed by atoms with Gasteiger partial charge in [0.05, 0.1) is 17.9 Å². The summed E-state index contributed by atoms with van der Waals surface area (Å²) in [5.41, 5.74) is 2.43. The number of fused-ring (bicyclic) bond motifs is 1. The van der Waals surface area contributed by atoms with E-state index in [0.717, 1.165) is 19.6 Å². The second-order valence-corrected chi connectivity index (χ2v) is 6.09. The molecule has 1 aliphatic heterocycles. The highest BCUT2D eigenvalue weighted by molar-refractivity contribution is 5.11. The molecule has 0 amide bonds. The molecule has 0 aliphatic carbocycles. The maximum Gasteiger partial charge on any atom is 0.213 e. The Morgan fingerprint density at radius 1 is 1.21 bits per heavy atom. The van der Waals surface area contributed by atoms with Crippen LogP contribution in [-0.4, -0.2) is 42.6 Å². The average Bonchev–Trinajstić information content (AvgIpc) is 3.22. The van der Waals surface area contributed by atoms with Crippen LogP contribution in [-0.2, 0) is 20.1 Å². The first kappa shape index (κ1) is 14.9. The molecule has 0 N–H and O–H groups in total. The Morgan fingerprint density at radius 3 is 2.96 bits per heavy atom. The van der Waals surface area contributed by atoms with E-state index in [4.69, 9.17) is 4.74 Å². The lowest BCUT2D eigenvalue weighted by Crippen LogP contribution is -2.39. The second kappa shape index (κ2) is 6.45. The largest absolute Gasteiger partial charge is 0.475 e. The van der Waals surface area contributed by atoms with E-state index in [0.29, 0.717) is 12.5 Å². The van der Waals surface area contributed by atoms with Gasteiger partial charge in [0.25, 0.3) is 0 Å². The van der Waals surface area contributed by atoms with E-state index >= 15 is 0 Å². The van der Waals surface area contributed by atoms with Crippen molar-refractivity contribution in [3.8, 4) is 5.88 Å². The van der Waals surface area contributed by atoms with Gasteiger partial charge in [0.1, 0.15) is 6.61 Å². The summed E-state index contributed by atoms with van der Waals surface area (Å²) in [5.74, 6) is 0.649. The first-order chi connectivity index (χ1) is 11.8. The molecule has 0 spiro atoms. The summed E-state index contributed by atoms with van der Waals surface area (Å²) >= 11 is 0. The summed E-state index contributed by atoms with van der Waals surface area (Å²) in [5, 5.41) is 8.72. The molecular formula is C17H20N6O. The second-order valence-electron chi connectivity index (χ2n) is 6.09. The van der Waals surface area contributed by atoms with Crippen LogP contribution in [0.15, 0.2) is 49.1 Å². The van der Waals surface area contributed by atoms with Crippen LogP contribution >= 0.6 is 0 Å². The van der Waals surface area contributed by atoms with Gasteiger partial charge < -0.3 is 4.74 Å². The Hall–Kier alpha value is -2.67. The van der Waals surface area contributed by atoms with Gasteiger partial charge in [-0.15, -0.1) is 0 Å². The zero-order valence-corrected chi connectivity index (χ0v) is 13.6. The Morgan fingerprint density at radius 2 is 2.17 bits per heavy atom. The minimum Gasteiger partial charge on any atom is -0.475 e. The van der Waals surface area contributed by atoms with Gasteiger partial charge in [-0.3, -0.25) is 14.3 Å². The molecule has 0 unspecified atom stereocenters. The van der Waals surface area contributed by atoms with E-state index in [1.807, 2.05) is 42.3 Å². The maximum absolute atomic E-state index is 5.86. The average molecular weight is 324 g/mol. The van der Waals surface area contributed by atoms with Gasteiger partial charge in [0.15, 0.2) is 0 Å². The molecule has 1 aliphatic rings. The third-order valence-corrected chi connectivity index (χ3v) is 4.18. The molecule has 3 aromatic heterocycles. The van der Waals surface area contributed by atoms with Gasteiger partial charge >= 0.3 is 0 Å². The number of nitrogens with zero attached hydrogens (tertiary/aromatic N) is 6. The summed E-state index contributed by atoms with van der Waals surface area (Å²) in [4.78, 5) is 6.62. The van der Waals surface area contributed by atoms with E-state index < -0.39 is 0 Å². The summed E-state index contributed by atoms with van der Waals surface area (Å²) in [7, 11) is 1.94. The molecule has 7 heteroatoms. The van der Waals surface area contributed by atoms with Crippen LogP contribution in [0.2, 0.25) is 0 Å². The highest BCUT2D eigenvalue weighted by Crippen LogP contribution is 2.22. The minimum absolute atomic E-state index is 0.169. The number of hydrogen-bond donors (Lipinski definition) is 0. The van der Waals surface area contributed by atoms with Crippen LogP contribution in [0, 0.1) is 0 Å². The summed E-state index contributed by atoms with van der Waals surface area (Å²) in [6, 6.07) is 7.93. The molecule has 7 nitrogen and oxygen atoms in total. The molecule has 0 saturated carbocycles. The van der Waals surface area contributed by atoms with Gasteiger partial charge in [-0.1, -0.05) is 6.07 Å². The van der Waals surface area contributed by atoms with Crippen molar-refractivity contribution in [1.82, 2.24) is 29.4 Å². The zero-order valence-electron chi connectivity index (χ0n) is 13.6. The molecule has 0 fully saturated rings. The smallest absolute Gasteiger partial charge is 0.213 e. The van der Waals surface area contributed by atoms with E-state index in [-0.39, 0.29) is 6.04 Å². The fourth-order valence-corrected chi connectivity index (χ4v) is 3.13. The minimum atomic E-state index is 0.169. The highest BCUT2D eigenvalue weighted by Gasteiger charge is 2.26. The molecule has 4 rings (SSSR count). The molecule has 0 saturated heterocycles. The van der Waals surface area contributed by atoms with Gasteiger partial charge in [-0.2, -0.15) is 10.2 Å². The van der Waals surface area contributed by atoms with Gasteiger partial charge in [0, 0.05) is 56.9 Å². The number of hydrogen-bond acceptors (Lipinski definition) is 5. The number of rotatable bonds is 5. The van der Waals surface area contributed by atoms with Crippen LogP contribution in [0.3, 0.4) is 0 Å². The molecule has 0 radical (unpaired) electrons. The lowest BCUT2D eigenvalue weighted by atomic mass is 10.2. The van der Waals surface area contributed by atoms with E-state index in [1.54, 1.807) is 6.20 Å². The molecule has 24 heavy (non-hydrogen) atoms. The zero-order chi connectivity index (χ0) is 16.4. The van der Waals surface area contributed by atoms with Crippen LogP contribution in [0.1, 0.15) is 17.3 Å². The fraction of sp³-hybridized carbons (Fsp3) is 0.353. The Bertz CT molecular complexity index is 796. The van der Waals surface area contributed by atoms with Crippen molar-refractivity contribution in [2.24, 2.45) is 7.05 Å². The van der Waals surface area contributed by atoms with Crippen molar-refractivity contribution >= 4 is 0 Å². The first-order valence-corrected chi connectivity index (χ1v) is 8.04. The molecule has 4 heterocycles. The monoisotopic (exact) mass is 324 g/mol. The first-order valence-electron chi connectivity index (χ1n) is 8.04. The molecule has 3 aromatic rings. The van der Waals surface area contributed by atoms with E-state index in [9.17, 15) is 0 Å². The maximum atomic E-state index is 5.86. The van der Waals surface area contributed by atoms with Gasteiger partial charge in [-0.05, 0) is 12.1 Å². The third kappa shape index (κ3) is 3.16. The van der Waals surface area contributed by atoms with Gasteiger partial charge in [0.2, 0.25) is 5.88 Å². The van der Waals surface area contributed by atoms with Gasteiger partial charge in [-0.25, -0.2) is 4.98 Å². The highest BCUT2D eigenvalue weighted by atomic mass is 16.5. The van der Waals surface area contributed by atoms with Crippen molar-refractivity contribution in [3.63, 3.8) is 0 Å². The lowest BCUT2D eigenvalue weighted by molar-refractivity contribution is 0.125. The number of pyridine rings is 1. The van der Waals surface area contributed by atoms with Crippen LogP contribution < -0.4 is 4.74 Å². The predicted octanol–water partition coefficient (Wildman–Crippen LogP) is 1.65. The fourth-order valence-electron chi connectivity index (χ4n) is 3.13. The Kier molecular flexibility index (Phi) is 4.00. The van der Waals surface area contributed by atoms with E-state index in [2.05, 4.69) is 37.0 Å². The van der Waals surface area contributed by atoms with Crippen molar-refractivity contribution < 1.29 is 4.74 Å². The summed E-state index contributed by atoms with van der Waals surface area (Å²) in [6.45, 7) is 3.19. The van der Waals surface area contributed by atoms with Crippen LogP contribution in [0.4, 0.5) is 0 Å². The van der Waals surface area contributed by atoms with Crippen molar-refractivity contribution in [3.05, 3.63) is 60.3 Å². The number of ether oxygens (including phenoxy) is 1. The third-order valence-electron chi connectivity index (χ3n) is 4.18. The molecule has 0 bridgehead atoms. The predicted molar refractivity (Wildman–Crippen MR) is 88.3 cm³/mol. The topological polar surface area (TPSA) is 61.0 Å². The molecule has 1 atom stereocenters. The Labute approximate surface area is 140 Å². The lowest BCUT2D eigenvalue weighted by Gasteiger charge is -2.33. The van der Waals surface area contributed by atoms with Crippen LogP contribution in [0.5, 0.6) is 5.88 Å². The molecule has 124 valence electrons. The van der Waals surface area contributed by atoms with Crippen LogP contribution in [0.25, 0.3) is 0 Å². The number of aryl methyl sites for hydroxylation is 1. The Balaban J connectivity index is 1.46. The number of aromatic nitrogens is 5. The van der Waals surface area contributed by atoms with Crippen molar-refractivity contribution in [2.45, 2.75) is 19.1 Å². The normalized spacial score (nSPS) is 17.6. The molecule has 0 aromatic carbocycles. The van der Waals surface area contributed by atoms with E-state index in [1.165, 1.54) is 11.3 Å². The quantitative estimate of drug-likeness (QED) is 0.714. The SMILES string of the molecule is Cn1cc(CN2Cc3ccnn3[C@@H](COc3ccccn3)C2)cn1. The van der Waals surface area contributed by atoms with Crippen molar-refractivity contribution in [2.75, 3.05) is 13.2 Å². The molecular weight excluding hydrogens is 304 g/mol. The standard InChI is InChI=1S/C17H20N6O/c1-21-9-14(8-20-21)10-22-11-15-5-7-19-23(15)16(12-22)13-24-17-4-2-3-6-18-17/h2-9,16H,10-13H2,1H3/t16-/m1/s1. The van der Waals surface area contributed by atoms with Crippen molar-refractivity contribution in [1.29, 1.82) is 0 Å².